The molecule has 0 fully saturated rings. The van der Waals surface area contributed by atoms with Gasteiger partial charge in [-0.05, 0) is 74.6 Å². The first kappa shape index (κ1) is 20.6. The minimum atomic E-state index is 0. The van der Waals surface area contributed by atoms with Gasteiger partial charge in [0.25, 0.3) is 0 Å². The minimum absolute atomic E-state index is 0. The normalized spacial score (nSPS) is 9.48. The molecule has 0 aliphatic rings. The Morgan fingerprint density at radius 1 is 0.826 bits per heavy atom. The van der Waals surface area contributed by atoms with Crippen LogP contribution in [-0.2, 0) is 0 Å². The van der Waals surface area contributed by atoms with Crippen LogP contribution >= 0.6 is 12.2 Å². The molecule has 2 aromatic carbocycles. The Kier molecular flexibility index (Phi) is 9.98. The van der Waals surface area contributed by atoms with Gasteiger partial charge in [-0.2, -0.15) is 0 Å². The van der Waals surface area contributed by atoms with Crippen LogP contribution in [-0.4, -0.2) is 18.3 Å². The molecular weight excluding hydrogens is 382 g/mol. The standard InChI is InChI=1S/C17H20N2O2S.Rb.H/c1-3-20-15-9-5-13(6-10-15)18-17(22)19-14-7-11-16(12-8-14)21-4-2;;/h5-12H,3-4H2,1-2H3,(H2,18,19,22);;/q;+1;-1. The van der Waals surface area contributed by atoms with Crippen molar-refractivity contribution in [3.63, 3.8) is 0 Å². The van der Waals surface area contributed by atoms with E-state index in [0.717, 1.165) is 22.9 Å². The third kappa shape index (κ3) is 7.31. The van der Waals surface area contributed by atoms with E-state index in [9.17, 15) is 0 Å². The molecule has 0 heterocycles. The van der Waals surface area contributed by atoms with Crippen LogP contribution in [0.4, 0.5) is 11.4 Å². The van der Waals surface area contributed by atoms with Crippen LogP contribution < -0.4 is 78.3 Å². The molecule has 0 amide bonds. The predicted octanol–water partition coefficient (Wildman–Crippen LogP) is 1.41. The van der Waals surface area contributed by atoms with Gasteiger partial charge in [0.05, 0.1) is 13.2 Å². The molecule has 0 radical (unpaired) electrons. The first-order valence-electron chi connectivity index (χ1n) is 7.25. The fraction of sp³-hybridized carbons (Fsp3) is 0.235. The SMILES string of the molecule is CCOc1ccc(NC(=S)Nc2ccc(OCC)cc2)cc1.[H-].[Rb+]. The number of anilines is 2. The number of benzene rings is 2. The van der Waals surface area contributed by atoms with E-state index in [1.54, 1.807) is 0 Å². The molecule has 0 aromatic heterocycles. The zero-order chi connectivity index (χ0) is 15.8. The number of thiocarbonyl (C=S) groups is 1. The van der Waals surface area contributed by atoms with Gasteiger partial charge < -0.3 is 21.5 Å². The third-order valence-electron chi connectivity index (χ3n) is 2.85. The van der Waals surface area contributed by atoms with E-state index in [0.29, 0.717) is 18.3 Å². The van der Waals surface area contributed by atoms with Crippen molar-refractivity contribution in [1.82, 2.24) is 0 Å². The number of hydrogen-bond acceptors (Lipinski definition) is 3. The molecule has 0 saturated carbocycles. The van der Waals surface area contributed by atoms with Gasteiger partial charge in [-0.1, -0.05) is 0 Å². The smallest absolute Gasteiger partial charge is 1.00 e. The van der Waals surface area contributed by atoms with Gasteiger partial charge in [0.15, 0.2) is 5.11 Å². The summed E-state index contributed by atoms with van der Waals surface area (Å²) in [6, 6.07) is 15.3. The second-order valence-corrected chi connectivity index (χ2v) is 4.90. The molecule has 0 aliphatic heterocycles. The Bertz CT molecular complexity index is 555. The van der Waals surface area contributed by atoms with Crippen molar-refractivity contribution in [2.75, 3.05) is 23.8 Å². The van der Waals surface area contributed by atoms with Crippen LogP contribution in [0.25, 0.3) is 0 Å². The average molecular weight is 403 g/mol. The Morgan fingerprint density at radius 3 is 1.48 bits per heavy atom. The summed E-state index contributed by atoms with van der Waals surface area (Å²) in [4.78, 5) is 0. The van der Waals surface area contributed by atoms with Crippen molar-refractivity contribution < 1.29 is 69.1 Å². The Morgan fingerprint density at radius 2 is 1.17 bits per heavy atom. The van der Waals surface area contributed by atoms with Crippen LogP contribution in [0.15, 0.2) is 48.5 Å². The van der Waals surface area contributed by atoms with Crippen molar-refractivity contribution in [2.45, 2.75) is 13.8 Å². The Labute approximate surface area is 193 Å². The average Bonchev–Trinajstić information content (AvgIpc) is 2.52. The van der Waals surface area contributed by atoms with Crippen LogP contribution in [0.5, 0.6) is 11.5 Å². The van der Waals surface area contributed by atoms with Gasteiger partial charge in [-0.15, -0.1) is 0 Å². The summed E-state index contributed by atoms with van der Waals surface area (Å²) in [6.45, 7) is 5.24. The quantitative estimate of drug-likeness (QED) is 0.715. The second kappa shape index (κ2) is 11.2. The molecule has 0 atom stereocenters. The zero-order valence-electron chi connectivity index (χ0n) is 14.8. The van der Waals surface area contributed by atoms with Gasteiger partial charge in [0.2, 0.25) is 0 Å². The van der Waals surface area contributed by atoms with E-state index in [1.165, 1.54) is 0 Å². The van der Waals surface area contributed by atoms with Gasteiger partial charge in [0.1, 0.15) is 11.5 Å². The molecule has 0 saturated heterocycles. The largest absolute Gasteiger partial charge is 1.00 e. The van der Waals surface area contributed by atoms with Crippen molar-refractivity contribution in [1.29, 1.82) is 0 Å². The van der Waals surface area contributed by atoms with E-state index >= 15 is 0 Å². The number of ether oxygens (including phenoxy) is 2. The third-order valence-corrected chi connectivity index (χ3v) is 3.05. The summed E-state index contributed by atoms with van der Waals surface area (Å²) in [7, 11) is 0. The first-order valence-corrected chi connectivity index (χ1v) is 7.65. The molecule has 2 rings (SSSR count). The van der Waals surface area contributed by atoms with Crippen LogP contribution in [0.3, 0.4) is 0 Å². The molecule has 0 aliphatic carbocycles. The van der Waals surface area contributed by atoms with Gasteiger partial charge in [-0.25, -0.2) is 0 Å². The van der Waals surface area contributed by atoms with Crippen LogP contribution in [0, 0.1) is 0 Å². The molecule has 118 valence electrons. The predicted molar refractivity (Wildman–Crippen MR) is 96.2 cm³/mol. The number of hydrogen-bond donors (Lipinski definition) is 2. The fourth-order valence-electron chi connectivity index (χ4n) is 1.90. The summed E-state index contributed by atoms with van der Waals surface area (Å²) < 4.78 is 10.8. The fourth-order valence-corrected chi connectivity index (χ4v) is 2.13. The van der Waals surface area contributed by atoms with Gasteiger partial charge >= 0.3 is 58.2 Å². The molecule has 2 N–H and O–H groups in total. The maximum Gasteiger partial charge on any atom is 1.00 e. The molecule has 2 aromatic rings. The molecule has 0 bridgehead atoms. The molecule has 23 heavy (non-hydrogen) atoms. The molecular formula is C17H21N2O2RbS. The zero-order valence-corrected chi connectivity index (χ0v) is 19.5. The summed E-state index contributed by atoms with van der Waals surface area (Å²) in [6.07, 6.45) is 0. The monoisotopic (exact) mass is 402 g/mol. The van der Waals surface area contributed by atoms with Crippen LogP contribution in [0.2, 0.25) is 0 Å². The van der Waals surface area contributed by atoms with E-state index in [-0.39, 0.29) is 59.6 Å². The second-order valence-electron chi connectivity index (χ2n) is 4.49. The first-order chi connectivity index (χ1) is 10.7. The molecule has 6 heteroatoms. The number of rotatable bonds is 6. The van der Waals surface area contributed by atoms with Gasteiger partial charge in [-0.3, -0.25) is 0 Å². The topological polar surface area (TPSA) is 42.5 Å². The molecule has 0 spiro atoms. The minimum Gasteiger partial charge on any atom is -1.00 e. The number of nitrogens with one attached hydrogen (secondary N) is 2. The van der Waals surface area contributed by atoms with E-state index < -0.39 is 0 Å². The summed E-state index contributed by atoms with van der Waals surface area (Å²) in [5.41, 5.74) is 1.82. The maximum atomic E-state index is 5.40. The maximum absolute atomic E-state index is 5.40. The van der Waals surface area contributed by atoms with E-state index in [1.807, 2.05) is 62.4 Å². The van der Waals surface area contributed by atoms with Crippen LogP contribution in [0.1, 0.15) is 15.3 Å². The molecule has 4 nitrogen and oxygen atoms in total. The van der Waals surface area contributed by atoms with Crippen molar-refractivity contribution in [2.24, 2.45) is 0 Å². The van der Waals surface area contributed by atoms with Gasteiger partial charge in [0, 0.05) is 11.4 Å². The Balaban J connectivity index is 0.00000264. The van der Waals surface area contributed by atoms with Crippen molar-refractivity contribution >= 4 is 28.7 Å². The molecule has 0 unspecified atom stereocenters. The van der Waals surface area contributed by atoms with E-state index in [2.05, 4.69) is 10.6 Å². The van der Waals surface area contributed by atoms with E-state index in [4.69, 9.17) is 21.7 Å². The summed E-state index contributed by atoms with van der Waals surface area (Å²) in [5.74, 6) is 1.69. The van der Waals surface area contributed by atoms with Crippen molar-refractivity contribution in [3.05, 3.63) is 48.5 Å². The summed E-state index contributed by atoms with van der Waals surface area (Å²) in [5, 5.41) is 6.80. The Hall–Kier alpha value is -0.465. The summed E-state index contributed by atoms with van der Waals surface area (Å²) >= 11 is 5.30. The van der Waals surface area contributed by atoms with Crippen molar-refractivity contribution in [3.8, 4) is 11.5 Å².